The van der Waals surface area contributed by atoms with Gasteiger partial charge in [0.15, 0.2) is 9.84 Å². The Balaban J connectivity index is 2.09. The molecule has 0 saturated carbocycles. The van der Waals surface area contributed by atoms with E-state index in [0.29, 0.717) is 0 Å². The van der Waals surface area contributed by atoms with Crippen LogP contribution in [0.3, 0.4) is 0 Å². The molecule has 0 spiro atoms. The van der Waals surface area contributed by atoms with E-state index in [1.165, 1.54) is 23.7 Å². The minimum Gasteiger partial charge on any atom is -0.335 e. The molecule has 0 radical (unpaired) electrons. The van der Waals surface area contributed by atoms with E-state index in [-0.39, 0.29) is 16.8 Å². The van der Waals surface area contributed by atoms with Crippen molar-refractivity contribution in [2.45, 2.75) is 24.8 Å². The largest absolute Gasteiger partial charge is 0.335 e. The number of carbonyl (C=O) groups excluding carboxylic acids is 1. The van der Waals surface area contributed by atoms with Crippen molar-refractivity contribution in [1.82, 2.24) is 9.88 Å². The summed E-state index contributed by atoms with van der Waals surface area (Å²) >= 11 is 1.53. The Morgan fingerprint density at radius 2 is 1.92 bits per heavy atom. The molecule has 2 rings (SSSR count). The van der Waals surface area contributed by atoms with Crippen molar-refractivity contribution in [2.75, 3.05) is 13.3 Å². The molecule has 0 aliphatic heterocycles. The zero-order chi connectivity index (χ0) is 17.9. The van der Waals surface area contributed by atoms with Crippen molar-refractivity contribution in [3.63, 3.8) is 0 Å². The molecule has 1 heterocycles. The topological polar surface area (TPSA) is 67.3 Å². The maximum absolute atomic E-state index is 12.3. The SMILES string of the molecule is Cc1nc(/C=C/C(=O)N(C)C(C)c2ccc(S(C)(=O)=O)cc2)cs1. The molecule has 1 aromatic carbocycles. The molecule has 128 valence electrons. The molecule has 0 aliphatic rings. The smallest absolute Gasteiger partial charge is 0.246 e. The third-order valence-corrected chi connectivity index (χ3v) is 5.67. The predicted molar refractivity (Wildman–Crippen MR) is 96.6 cm³/mol. The normalized spacial score (nSPS) is 13.2. The first-order chi connectivity index (χ1) is 11.2. The van der Waals surface area contributed by atoms with Gasteiger partial charge < -0.3 is 4.90 Å². The van der Waals surface area contributed by atoms with Crippen LogP contribution < -0.4 is 0 Å². The maximum Gasteiger partial charge on any atom is 0.246 e. The van der Waals surface area contributed by atoms with Gasteiger partial charge in [0.1, 0.15) is 0 Å². The van der Waals surface area contributed by atoms with Crippen LogP contribution in [0.4, 0.5) is 0 Å². The van der Waals surface area contributed by atoms with Gasteiger partial charge >= 0.3 is 0 Å². The molecule has 24 heavy (non-hydrogen) atoms. The fourth-order valence-electron chi connectivity index (χ4n) is 2.14. The standard InChI is InChI=1S/C17H20N2O3S2/c1-12(14-5-8-16(9-6-14)24(4,21)22)19(3)17(20)10-7-15-11-23-13(2)18-15/h5-12H,1-4H3/b10-7+. The maximum atomic E-state index is 12.3. The molecular formula is C17H20N2O3S2. The summed E-state index contributed by atoms with van der Waals surface area (Å²) in [5.41, 5.74) is 1.64. The number of nitrogens with zero attached hydrogens (tertiary/aromatic N) is 2. The number of carbonyl (C=O) groups is 1. The zero-order valence-electron chi connectivity index (χ0n) is 14.1. The van der Waals surface area contributed by atoms with Gasteiger partial charge in [0.25, 0.3) is 0 Å². The summed E-state index contributed by atoms with van der Waals surface area (Å²) in [6.45, 7) is 3.81. The van der Waals surface area contributed by atoms with Crippen LogP contribution >= 0.6 is 11.3 Å². The fourth-order valence-corrected chi connectivity index (χ4v) is 3.35. The summed E-state index contributed by atoms with van der Waals surface area (Å²) in [5.74, 6) is -0.139. The van der Waals surface area contributed by atoms with Gasteiger partial charge in [-0.05, 0) is 37.6 Å². The fraction of sp³-hybridized carbons (Fsp3) is 0.294. The number of sulfone groups is 1. The van der Waals surface area contributed by atoms with Gasteiger partial charge in [-0.2, -0.15) is 0 Å². The molecule has 1 amide bonds. The van der Waals surface area contributed by atoms with E-state index in [9.17, 15) is 13.2 Å². The molecule has 1 atom stereocenters. The highest BCUT2D eigenvalue weighted by atomic mass is 32.2. The summed E-state index contributed by atoms with van der Waals surface area (Å²) in [5, 5.41) is 2.85. The number of aromatic nitrogens is 1. The summed E-state index contributed by atoms with van der Waals surface area (Å²) in [6, 6.07) is 6.42. The summed E-state index contributed by atoms with van der Waals surface area (Å²) in [4.78, 5) is 18.4. The highest BCUT2D eigenvalue weighted by molar-refractivity contribution is 7.90. The van der Waals surface area contributed by atoms with E-state index in [1.807, 2.05) is 19.2 Å². The first-order valence-electron chi connectivity index (χ1n) is 7.35. The van der Waals surface area contributed by atoms with E-state index in [1.54, 1.807) is 42.3 Å². The molecule has 0 N–H and O–H groups in total. The molecule has 0 aliphatic carbocycles. The van der Waals surface area contributed by atoms with Gasteiger partial charge in [-0.1, -0.05) is 12.1 Å². The lowest BCUT2D eigenvalue weighted by Crippen LogP contribution is -2.28. The molecule has 0 fully saturated rings. The van der Waals surface area contributed by atoms with Crippen LogP contribution in [-0.2, 0) is 14.6 Å². The quantitative estimate of drug-likeness (QED) is 0.765. The van der Waals surface area contributed by atoms with Crippen molar-refractivity contribution < 1.29 is 13.2 Å². The van der Waals surface area contributed by atoms with Crippen LogP contribution in [0.1, 0.15) is 29.2 Å². The molecule has 5 nitrogen and oxygen atoms in total. The highest BCUT2D eigenvalue weighted by Gasteiger charge is 2.16. The molecule has 7 heteroatoms. The Morgan fingerprint density at radius 1 is 1.29 bits per heavy atom. The monoisotopic (exact) mass is 364 g/mol. The van der Waals surface area contributed by atoms with Crippen LogP contribution in [0.2, 0.25) is 0 Å². The summed E-state index contributed by atoms with van der Waals surface area (Å²) in [6.07, 6.45) is 4.36. The Labute approximate surface area is 146 Å². The molecule has 0 saturated heterocycles. The Hall–Kier alpha value is -1.99. The lowest BCUT2D eigenvalue weighted by atomic mass is 10.1. The molecule has 1 unspecified atom stereocenters. The molecule has 1 aromatic heterocycles. The third-order valence-electron chi connectivity index (χ3n) is 3.75. The second kappa shape index (κ2) is 7.27. The van der Waals surface area contributed by atoms with Gasteiger partial charge in [-0.15, -0.1) is 11.3 Å². The number of benzene rings is 1. The van der Waals surface area contributed by atoms with Crippen LogP contribution in [0.15, 0.2) is 40.6 Å². The predicted octanol–water partition coefficient (Wildman–Crippen LogP) is 3.09. The van der Waals surface area contributed by atoms with Crippen LogP contribution in [0.25, 0.3) is 6.08 Å². The van der Waals surface area contributed by atoms with Crippen molar-refractivity contribution in [1.29, 1.82) is 0 Å². The number of thiazole rings is 1. The van der Waals surface area contributed by atoms with Crippen LogP contribution in [0.5, 0.6) is 0 Å². The number of hydrogen-bond acceptors (Lipinski definition) is 5. The van der Waals surface area contributed by atoms with E-state index < -0.39 is 9.84 Å². The lowest BCUT2D eigenvalue weighted by molar-refractivity contribution is -0.126. The van der Waals surface area contributed by atoms with Crippen molar-refractivity contribution >= 4 is 33.2 Å². The van der Waals surface area contributed by atoms with Gasteiger partial charge in [-0.25, -0.2) is 13.4 Å². The Morgan fingerprint density at radius 3 is 2.42 bits per heavy atom. The highest BCUT2D eigenvalue weighted by Crippen LogP contribution is 2.21. The average molecular weight is 364 g/mol. The number of amides is 1. The molecule has 0 bridgehead atoms. The molecular weight excluding hydrogens is 344 g/mol. The Kier molecular flexibility index (Phi) is 5.56. The van der Waals surface area contributed by atoms with E-state index in [0.717, 1.165) is 16.3 Å². The van der Waals surface area contributed by atoms with E-state index in [2.05, 4.69) is 4.98 Å². The van der Waals surface area contributed by atoms with Gasteiger partial charge in [0, 0.05) is 24.8 Å². The van der Waals surface area contributed by atoms with Gasteiger partial charge in [0.05, 0.1) is 21.6 Å². The van der Waals surface area contributed by atoms with Gasteiger partial charge in [-0.3, -0.25) is 4.79 Å². The zero-order valence-corrected chi connectivity index (χ0v) is 15.7. The number of aryl methyl sites for hydroxylation is 1. The van der Waals surface area contributed by atoms with Crippen molar-refractivity contribution in [3.8, 4) is 0 Å². The summed E-state index contributed by atoms with van der Waals surface area (Å²) < 4.78 is 23.0. The number of likely N-dealkylation sites (N-methyl/N-ethyl adjacent to an activating group) is 1. The minimum atomic E-state index is -3.22. The lowest BCUT2D eigenvalue weighted by Gasteiger charge is -2.24. The third kappa shape index (κ3) is 4.52. The van der Waals surface area contributed by atoms with Crippen molar-refractivity contribution in [2.24, 2.45) is 0 Å². The number of rotatable bonds is 5. The second-order valence-corrected chi connectivity index (χ2v) is 8.67. The van der Waals surface area contributed by atoms with E-state index >= 15 is 0 Å². The number of hydrogen-bond donors (Lipinski definition) is 0. The van der Waals surface area contributed by atoms with Crippen LogP contribution in [0, 0.1) is 6.92 Å². The molecule has 2 aromatic rings. The Bertz CT molecular complexity index is 852. The second-order valence-electron chi connectivity index (χ2n) is 5.59. The van der Waals surface area contributed by atoms with Crippen molar-refractivity contribution in [3.05, 3.63) is 52.0 Å². The first kappa shape index (κ1) is 18.4. The van der Waals surface area contributed by atoms with Gasteiger partial charge in [0.2, 0.25) is 5.91 Å². The van der Waals surface area contributed by atoms with Crippen LogP contribution in [-0.4, -0.2) is 37.5 Å². The van der Waals surface area contributed by atoms with E-state index in [4.69, 9.17) is 0 Å². The summed E-state index contributed by atoms with van der Waals surface area (Å²) in [7, 11) is -1.50. The minimum absolute atomic E-state index is 0.139. The average Bonchev–Trinajstić information content (AvgIpc) is 2.96. The first-order valence-corrected chi connectivity index (χ1v) is 10.1.